The van der Waals surface area contributed by atoms with Crippen molar-refractivity contribution >= 4 is 57.1 Å². The summed E-state index contributed by atoms with van der Waals surface area (Å²) in [6.07, 6.45) is 1.68. The minimum absolute atomic E-state index is 0.233. The molecule has 0 spiro atoms. The number of benzene rings is 2. The average molecular weight is 467 g/mol. The first-order chi connectivity index (χ1) is 8.58. The number of phenolic OH excluding ortho intramolecular Hbond substituents is 1. The van der Waals surface area contributed by atoms with Crippen LogP contribution in [0.15, 0.2) is 41.4 Å². The van der Waals surface area contributed by atoms with Crippen LogP contribution in [0.3, 0.4) is 0 Å². The summed E-state index contributed by atoms with van der Waals surface area (Å²) in [6, 6.07) is 9.42. The van der Waals surface area contributed by atoms with E-state index in [1.807, 2.05) is 6.07 Å². The quantitative estimate of drug-likeness (QED) is 0.513. The third-order valence-corrected chi connectivity index (χ3v) is 4.35. The highest BCUT2D eigenvalue weighted by Gasteiger charge is 2.06. The maximum atomic E-state index is 12.7. The molecule has 18 heavy (non-hydrogen) atoms. The molecule has 0 radical (unpaired) electrons. The normalized spacial score (nSPS) is 11.1. The molecule has 0 aliphatic heterocycles. The Balaban J connectivity index is 2.34. The van der Waals surface area contributed by atoms with Crippen molar-refractivity contribution in [2.24, 2.45) is 4.99 Å². The van der Waals surface area contributed by atoms with Gasteiger partial charge in [0.25, 0.3) is 0 Å². The molecule has 2 aromatic carbocycles. The van der Waals surface area contributed by atoms with E-state index in [9.17, 15) is 9.50 Å². The van der Waals surface area contributed by atoms with Gasteiger partial charge in [-0.3, -0.25) is 4.99 Å². The van der Waals surface area contributed by atoms with Crippen LogP contribution in [-0.2, 0) is 0 Å². The predicted molar refractivity (Wildman–Crippen MR) is 87.2 cm³/mol. The second-order valence-corrected chi connectivity index (χ2v) is 5.77. The highest BCUT2D eigenvalue weighted by molar-refractivity contribution is 14.1. The second-order valence-electron chi connectivity index (χ2n) is 3.53. The van der Waals surface area contributed by atoms with E-state index in [0.29, 0.717) is 5.69 Å². The number of hydrogen-bond acceptors (Lipinski definition) is 2. The van der Waals surface area contributed by atoms with Gasteiger partial charge in [0.1, 0.15) is 11.6 Å². The van der Waals surface area contributed by atoms with E-state index >= 15 is 0 Å². The van der Waals surface area contributed by atoms with E-state index in [1.165, 1.54) is 12.1 Å². The lowest BCUT2D eigenvalue weighted by Crippen LogP contribution is -1.91. The first-order valence-corrected chi connectivity index (χ1v) is 7.20. The van der Waals surface area contributed by atoms with E-state index < -0.39 is 0 Å². The van der Waals surface area contributed by atoms with Crippen molar-refractivity contribution in [1.82, 2.24) is 0 Å². The highest BCUT2D eigenvalue weighted by atomic mass is 127. The topological polar surface area (TPSA) is 32.6 Å². The van der Waals surface area contributed by atoms with Gasteiger partial charge in [0.2, 0.25) is 0 Å². The molecule has 0 aliphatic carbocycles. The van der Waals surface area contributed by atoms with Gasteiger partial charge in [-0.05, 0) is 81.6 Å². The van der Waals surface area contributed by atoms with Crippen molar-refractivity contribution in [2.45, 2.75) is 0 Å². The summed E-state index contributed by atoms with van der Waals surface area (Å²) in [5.41, 5.74) is 1.53. The van der Waals surface area contributed by atoms with Crippen LogP contribution in [-0.4, -0.2) is 11.3 Å². The summed E-state index contributed by atoms with van der Waals surface area (Å²) >= 11 is 4.26. The Hall–Kier alpha value is -0.700. The van der Waals surface area contributed by atoms with E-state index in [-0.39, 0.29) is 11.6 Å². The molecule has 2 aromatic rings. The Labute approximate surface area is 131 Å². The predicted octanol–water partition coefficient (Wildman–Crippen LogP) is 4.49. The molecule has 92 valence electrons. The van der Waals surface area contributed by atoms with Crippen LogP contribution >= 0.6 is 45.2 Å². The zero-order valence-electron chi connectivity index (χ0n) is 9.07. The zero-order chi connectivity index (χ0) is 13.1. The van der Waals surface area contributed by atoms with Gasteiger partial charge in [-0.1, -0.05) is 0 Å². The second kappa shape index (κ2) is 5.96. The lowest BCUT2D eigenvalue weighted by molar-refractivity contribution is 0.471. The molecule has 2 rings (SSSR count). The largest absolute Gasteiger partial charge is 0.507 e. The first kappa shape index (κ1) is 13.7. The zero-order valence-corrected chi connectivity index (χ0v) is 13.4. The number of rotatable bonds is 2. The summed E-state index contributed by atoms with van der Waals surface area (Å²) in [4.78, 5) is 4.27. The third kappa shape index (κ3) is 3.19. The maximum absolute atomic E-state index is 12.7. The molecule has 0 atom stereocenters. The number of aliphatic imine (C=N–C) groups is 1. The fourth-order valence-electron chi connectivity index (χ4n) is 1.34. The standard InChI is InChI=1S/C13H8FI2NO/c14-8-1-3-9(4-2-8)17-7-10-11(15)5-6-12(18)13(10)16/h1-7,18H. The van der Waals surface area contributed by atoms with Crippen LogP contribution in [0, 0.1) is 13.0 Å². The van der Waals surface area contributed by atoms with E-state index in [4.69, 9.17) is 0 Å². The summed E-state index contributed by atoms with van der Waals surface area (Å²) in [5, 5.41) is 9.64. The van der Waals surface area contributed by atoms with Gasteiger partial charge < -0.3 is 5.11 Å². The molecule has 0 aliphatic rings. The summed E-state index contributed by atoms with van der Waals surface area (Å²) in [6.45, 7) is 0. The lowest BCUT2D eigenvalue weighted by atomic mass is 10.2. The minimum Gasteiger partial charge on any atom is -0.507 e. The van der Waals surface area contributed by atoms with Gasteiger partial charge in [-0.2, -0.15) is 0 Å². The minimum atomic E-state index is -0.282. The van der Waals surface area contributed by atoms with Crippen LogP contribution in [0.1, 0.15) is 5.56 Å². The van der Waals surface area contributed by atoms with E-state index in [1.54, 1.807) is 24.4 Å². The molecule has 0 saturated heterocycles. The molecule has 0 fully saturated rings. The molecule has 0 heterocycles. The first-order valence-electron chi connectivity index (χ1n) is 5.04. The molecular formula is C13H8FI2NO. The Kier molecular flexibility index (Phi) is 4.55. The molecule has 2 nitrogen and oxygen atoms in total. The lowest BCUT2D eigenvalue weighted by Gasteiger charge is -2.04. The molecular weight excluding hydrogens is 459 g/mol. The number of aromatic hydroxyl groups is 1. The molecule has 0 bridgehead atoms. The van der Waals surface area contributed by atoms with E-state index in [2.05, 4.69) is 50.2 Å². The molecule has 0 aromatic heterocycles. The van der Waals surface area contributed by atoms with Gasteiger partial charge in [0.15, 0.2) is 0 Å². The fraction of sp³-hybridized carbons (Fsp3) is 0. The molecule has 1 N–H and O–H groups in total. The molecule has 0 saturated carbocycles. The number of nitrogens with zero attached hydrogens (tertiary/aromatic N) is 1. The summed E-state index contributed by atoms with van der Waals surface area (Å²) in [5.74, 6) is -0.0490. The van der Waals surface area contributed by atoms with Crippen LogP contribution in [0.2, 0.25) is 0 Å². The van der Waals surface area contributed by atoms with Gasteiger partial charge in [-0.25, -0.2) is 4.39 Å². The number of halogens is 3. The SMILES string of the molecule is Oc1ccc(I)c(C=Nc2ccc(F)cc2)c1I. The van der Waals surface area contributed by atoms with Crippen LogP contribution in [0.4, 0.5) is 10.1 Å². The van der Waals surface area contributed by atoms with Crippen molar-refractivity contribution in [3.8, 4) is 5.75 Å². The van der Waals surface area contributed by atoms with Crippen molar-refractivity contribution in [3.63, 3.8) is 0 Å². The number of hydrogen-bond donors (Lipinski definition) is 1. The van der Waals surface area contributed by atoms with Crippen molar-refractivity contribution in [1.29, 1.82) is 0 Å². The Morgan fingerprint density at radius 3 is 2.39 bits per heavy atom. The van der Waals surface area contributed by atoms with Gasteiger partial charge >= 0.3 is 0 Å². The van der Waals surface area contributed by atoms with E-state index in [0.717, 1.165) is 12.7 Å². The monoisotopic (exact) mass is 467 g/mol. The fourth-order valence-corrected chi connectivity index (χ4v) is 3.06. The van der Waals surface area contributed by atoms with Crippen LogP contribution < -0.4 is 0 Å². The smallest absolute Gasteiger partial charge is 0.129 e. The average Bonchev–Trinajstić information content (AvgIpc) is 2.36. The Morgan fingerprint density at radius 1 is 1.06 bits per heavy atom. The Bertz CT molecular complexity index is 597. The number of phenols is 1. The third-order valence-electron chi connectivity index (χ3n) is 2.28. The van der Waals surface area contributed by atoms with Crippen LogP contribution in [0.25, 0.3) is 0 Å². The highest BCUT2D eigenvalue weighted by Crippen LogP contribution is 2.26. The molecule has 0 unspecified atom stereocenters. The molecule has 5 heteroatoms. The Morgan fingerprint density at radius 2 is 1.72 bits per heavy atom. The van der Waals surface area contributed by atoms with Gasteiger partial charge in [0.05, 0.1) is 9.26 Å². The van der Waals surface area contributed by atoms with Crippen molar-refractivity contribution < 1.29 is 9.50 Å². The summed E-state index contributed by atoms with van der Waals surface area (Å²) < 4.78 is 14.5. The summed E-state index contributed by atoms with van der Waals surface area (Å²) in [7, 11) is 0. The van der Waals surface area contributed by atoms with Crippen LogP contribution in [0.5, 0.6) is 5.75 Å². The van der Waals surface area contributed by atoms with Gasteiger partial charge in [0, 0.05) is 15.3 Å². The van der Waals surface area contributed by atoms with Crippen molar-refractivity contribution in [3.05, 3.63) is 54.9 Å². The molecule has 0 amide bonds. The van der Waals surface area contributed by atoms with Crippen molar-refractivity contribution in [2.75, 3.05) is 0 Å². The maximum Gasteiger partial charge on any atom is 0.129 e. The van der Waals surface area contributed by atoms with Gasteiger partial charge in [-0.15, -0.1) is 0 Å².